The lowest BCUT2D eigenvalue weighted by Gasteiger charge is -2.34. The second kappa shape index (κ2) is 12.3. The van der Waals surface area contributed by atoms with Gasteiger partial charge in [0.25, 0.3) is 0 Å². The molecule has 0 heterocycles. The van der Waals surface area contributed by atoms with Gasteiger partial charge in [-0.05, 0) is 81.3 Å². The maximum Gasteiger partial charge on any atom is 0.360 e. The highest BCUT2D eigenvalue weighted by atomic mass is 16.8. The van der Waals surface area contributed by atoms with Crippen LogP contribution in [0.25, 0.3) is 0 Å². The van der Waals surface area contributed by atoms with Crippen LogP contribution in [0.15, 0.2) is 24.3 Å². The van der Waals surface area contributed by atoms with Crippen molar-refractivity contribution in [3.8, 4) is 5.75 Å². The Bertz CT molecular complexity index is 650. The maximum absolute atomic E-state index is 12.1. The van der Waals surface area contributed by atoms with Gasteiger partial charge in [-0.3, -0.25) is 4.79 Å². The number of rotatable bonds is 11. The smallest absolute Gasteiger partial charge is 0.360 e. The number of carbonyl (C=O) groups excluding carboxylic acids is 1. The van der Waals surface area contributed by atoms with Gasteiger partial charge in [0.15, 0.2) is 0 Å². The third-order valence-corrected chi connectivity index (χ3v) is 5.86. The average molecular weight is 421 g/mol. The zero-order valence-electron chi connectivity index (χ0n) is 19.0. The minimum absolute atomic E-state index is 0.0490. The normalized spacial score (nSPS) is 21.5. The summed E-state index contributed by atoms with van der Waals surface area (Å²) in [5.74, 6) is 1.61. The molecule has 30 heavy (non-hydrogen) atoms. The molecule has 1 aliphatic rings. The van der Waals surface area contributed by atoms with E-state index in [0.717, 1.165) is 19.4 Å². The van der Waals surface area contributed by atoms with Gasteiger partial charge in [-0.15, -0.1) is 0 Å². The van der Waals surface area contributed by atoms with Crippen LogP contribution in [0.1, 0.15) is 63.9 Å². The average Bonchev–Trinajstić information content (AvgIpc) is 2.67. The fourth-order valence-corrected chi connectivity index (χ4v) is 4.62. The molecule has 0 saturated heterocycles. The van der Waals surface area contributed by atoms with Gasteiger partial charge in [-0.1, -0.05) is 38.8 Å². The molecule has 1 fully saturated rings. The van der Waals surface area contributed by atoms with Crippen molar-refractivity contribution in [1.82, 2.24) is 4.90 Å². The Labute approximate surface area is 181 Å². The molecule has 0 radical (unpaired) electrons. The first-order valence-electron chi connectivity index (χ1n) is 11.3. The monoisotopic (exact) mass is 420 g/mol. The molecule has 1 aliphatic carbocycles. The Morgan fingerprint density at radius 1 is 1.27 bits per heavy atom. The van der Waals surface area contributed by atoms with Crippen LogP contribution in [0.3, 0.4) is 0 Å². The number of ether oxygens (including phenoxy) is 2. The van der Waals surface area contributed by atoms with Gasteiger partial charge in [0.05, 0.1) is 0 Å². The maximum atomic E-state index is 12.1. The fourth-order valence-electron chi connectivity index (χ4n) is 4.62. The Morgan fingerprint density at radius 2 is 2.00 bits per heavy atom. The van der Waals surface area contributed by atoms with Crippen molar-refractivity contribution in [2.75, 3.05) is 27.2 Å². The van der Waals surface area contributed by atoms with Crippen molar-refractivity contribution >= 4 is 5.97 Å². The summed E-state index contributed by atoms with van der Waals surface area (Å²) in [4.78, 5) is 14.4. The van der Waals surface area contributed by atoms with Crippen LogP contribution < -0.4 is 10.5 Å². The third-order valence-electron chi connectivity index (χ3n) is 5.86. The van der Waals surface area contributed by atoms with Crippen LogP contribution in [0.2, 0.25) is 0 Å². The van der Waals surface area contributed by atoms with Crippen LogP contribution in [0.4, 0.5) is 0 Å². The van der Waals surface area contributed by atoms with E-state index in [0.29, 0.717) is 30.0 Å². The van der Waals surface area contributed by atoms with Crippen LogP contribution in [-0.2, 0) is 9.53 Å². The van der Waals surface area contributed by atoms with Crippen LogP contribution in [0.5, 0.6) is 5.75 Å². The van der Waals surface area contributed by atoms with Crippen LogP contribution >= 0.6 is 0 Å². The van der Waals surface area contributed by atoms with E-state index in [1.54, 1.807) is 6.07 Å². The summed E-state index contributed by atoms with van der Waals surface area (Å²) in [7, 11) is 4.23. The Hall–Kier alpha value is -1.63. The van der Waals surface area contributed by atoms with Gasteiger partial charge in [0.1, 0.15) is 5.75 Å². The predicted octanol–water partition coefficient (Wildman–Crippen LogP) is 3.73. The highest BCUT2D eigenvalue weighted by Crippen LogP contribution is 2.39. The number of aliphatic hydroxyl groups excluding tert-OH is 1. The molecule has 3 N–H and O–H groups in total. The van der Waals surface area contributed by atoms with Gasteiger partial charge in [-0.2, -0.15) is 0 Å². The number of carbonyl (C=O) groups is 1. The standard InChI is InChI=1S/C24H40N2O4/c1-17(2)12-18(15-25)13-23(27)30-24(28)29-21-10-7-9-19(14-21)22-11-6-5-8-20(22)16-26(3)4/h7,9-10,14,17-18,20,22,24,28H,5-6,8,11-13,15-16,25H2,1-4H3. The fraction of sp³-hybridized carbons (Fsp3) is 0.708. The van der Waals surface area contributed by atoms with Crippen LogP contribution in [-0.4, -0.2) is 49.6 Å². The van der Waals surface area contributed by atoms with Gasteiger partial charge in [0, 0.05) is 13.0 Å². The molecule has 0 amide bonds. The summed E-state index contributed by atoms with van der Waals surface area (Å²) in [5, 5.41) is 10.1. The largest absolute Gasteiger partial charge is 0.432 e. The Morgan fingerprint density at radius 3 is 2.67 bits per heavy atom. The minimum Gasteiger partial charge on any atom is -0.432 e. The number of hydrogen-bond donors (Lipinski definition) is 2. The number of hydrogen-bond acceptors (Lipinski definition) is 6. The molecule has 2 rings (SSSR count). The van der Waals surface area contributed by atoms with E-state index >= 15 is 0 Å². The molecule has 4 unspecified atom stereocenters. The Balaban J connectivity index is 1.94. The zero-order valence-corrected chi connectivity index (χ0v) is 19.0. The first-order valence-corrected chi connectivity index (χ1v) is 11.3. The summed E-state index contributed by atoms with van der Waals surface area (Å²) in [6.45, 7) is 4.05. The third kappa shape index (κ3) is 8.25. The summed E-state index contributed by atoms with van der Waals surface area (Å²) in [6.07, 6.45) is 5.94. The van der Waals surface area contributed by atoms with E-state index in [2.05, 4.69) is 38.9 Å². The number of nitrogens with zero attached hydrogens (tertiary/aromatic N) is 1. The van der Waals surface area contributed by atoms with Crippen molar-refractivity contribution in [3.05, 3.63) is 29.8 Å². The summed E-state index contributed by atoms with van der Waals surface area (Å²) >= 11 is 0. The zero-order chi connectivity index (χ0) is 22.1. The quantitative estimate of drug-likeness (QED) is 0.419. The molecular weight excluding hydrogens is 380 g/mol. The molecule has 6 nitrogen and oxygen atoms in total. The van der Waals surface area contributed by atoms with Crippen molar-refractivity contribution in [3.63, 3.8) is 0 Å². The molecule has 0 aromatic heterocycles. The molecule has 1 aromatic rings. The van der Waals surface area contributed by atoms with Crippen LogP contribution in [0, 0.1) is 17.8 Å². The van der Waals surface area contributed by atoms with Crippen molar-refractivity contribution in [2.24, 2.45) is 23.5 Å². The first-order chi connectivity index (χ1) is 14.3. The molecule has 170 valence electrons. The van der Waals surface area contributed by atoms with Crippen molar-refractivity contribution in [2.45, 2.75) is 64.8 Å². The lowest BCUT2D eigenvalue weighted by atomic mass is 9.75. The topological polar surface area (TPSA) is 85.0 Å². The minimum atomic E-state index is -1.62. The van der Waals surface area contributed by atoms with E-state index in [-0.39, 0.29) is 12.3 Å². The summed E-state index contributed by atoms with van der Waals surface area (Å²) < 4.78 is 10.6. The number of esters is 1. The molecule has 4 atom stereocenters. The van der Waals surface area contributed by atoms with E-state index in [9.17, 15) is 9.90 Å². The molecule has 0 aliphatic heterocycles. The van der Waals surface area contributed by atoms with Crippen molar-refractivity contribution in [1.29, 1.82) is 0 Å². The molecule has 0 spiro atoms. The summed E-state index contributed by atoms with van der Waals surface area (Å²) in [5.41, 5.74) is 6.97. The van der Waals surface area contributed by atoms with Gasteiger partial charge in [0.2, 0.25) is 0 Å². The van der Waals surface area contributed by atoms with Gasteiger partial charge >= 0.3 is 12.4 Å². The second-order valence-corrected chi connectivity index (χ2v) is 9.34. The molecular formula is C24H40N2O4. The first kappa shape index (κ1) is 24.6. The van der Waals surface area contributed by atoms with E-state index in [1.807, 2.05) is 12.1 Å². The van der Waals surface area contributed by atoms with Gasteiger partial charge < -0.3 is 25.2 Å². The highest BCUT2D eigenvalue weighted by Gasteiger charge is 2.27. The predicted molar refractivity (Wildman–Crippen MR) is 119 cm³/mol. The molecule has 6 heteroatoms. The molecule has 1 saturated carbocycles. The molecule has 1 aromatic carbocycles. The highest BCUT2D eigenvalue weighted by molar-refractivity contribution is 5.69. The SMILES string of the molecule is CC(C)CC(CN)CC(=O)OC(O)Oc1cccc(C2CCCCC2CN(C)C)c1. The lowest BCUT2D eigenvalue weighted by molar-refractivity contribution is -0.218. The van der Waals surface area contributed by atoms with E-state index in [4.69, 9.17) is 15.2 Å². The number of benzene rings is 1. The summed E-state index contributed by atoms with van der Waals surface area (Å²) in [6, 6.07) is 7.82. The Kier molecular flexibility index (Phi) is 10.1. The number of nitrogens with two attached hydrogens (primary N) is 1. The number of aliphatic hydroxyl groups is 1. The van der Waals surface area contributed by atoms with E-state index in [1.165, 1.54) is 24.8 Å². The second-order valence-electron chi connectivity index (χ2n) is 9.34. The van der Waals surface area contributed by atoms with Gasteiger partial charge in [-0.25, -0.2) is 0 Å². The lowest BCUT2D eigenvalue weighted by Crippen LogP contribution is -2.29. The molecule has 0 bridgehead atoms. The van der Waals surface area contributed by atoms with Crippen molar-refractivity contribution < 1.29 is 19.4 Å². The van der Waals surface area contributed by atoms with E-state index < -0.39 is 12.4 Å².